The molecule has 0 aliphatic heterocycles. The summed E-state index contributed by atoms with van der Waals surface area (Å²) in [5, 5.41) is 3.96. The average molecular weight is 276 g/mol. The van der Waals surface area contributed by atoms with Gasteiger partial charge in [-0.25, -0.2) is 4.98 Å². The fourth-order valence-corrected chi connectivity index (χ4v) is 1.86. The number of ether oxygens (including phenoxy) is 1. The van der Waals surface area contributed by atoms with Crippen LogP contribution in [0.15, 0.2) is 22.9 Å². The lowest BCUT2D eigenvalue weighted by molar-refractivity contribution is 0.343. The van der Waals surface area contributed by atoms with Crippen molar-refractivity contribution in [2.24, 2.45) is 5.73 Å². The van der Waals surface area contributed by atoms with Crippen molar-refractivity contribution >= 4 is 0 Å². The predicted molar refractivity (Wildman–Crippen MR) is 74.3 cm³/mol. The number of hydrogen-bond donors (Lipinski definition) is 1. The molecule has 0 aliphatic carbocycles. The van der Waals surface area contributed by atoms with E-state index in [9.17, 15) is 0 Å². The summed E-state index contributed by atoms with van der Waals surface area (Å²) in [7, 11) is 1.59. The van der Waals surface area contributed by atoms with Crippen molar-refractivity contribution < 1.29 is 9.26 Å². The molecular weight excluding hydrogens is 256 g/mol. The molecule has 108 valence electrons. The molecular formula is C14H20N4O2. The first kappa shape index (κ1) is 14.5. The Morgan fingerprint density at radius 3 is 2.90 bits per heavy atom. The monoisotopic (exact) mass is 276 g/mol. The van der Waals surface area contributed by atoms with E-state index >= 15 is 0 Å². The second kappa shape index (κ2) is 7.00. The molecule has 0 bridgehead atoms. The zero-order chi connectivity index (χ0) is 14.4. The number of aromatic nitrogens is 3. The van der Waals surface area contributed by atoms with Gasteiger partial charge in [-0.3, -0.25) is 0 Å². The van der Waals surface area contributed by atoms with E-state index in [0.29, 0.717) is 24.0 Å². The highest BCUT2D eigenvalue weighted by atomic mass is 16.5. The Kier molecular flexibility index (Phi) is 5.06. The van der Waals surface area contributed by atoms with Crippen LogP contribution in [-0.2, 0) is 6.42 Å². The third-order valence-corrected chi connectivity index (χ3v) is 3.04. The van der Waals surface area contributed by atoms with Crippen molar-refractivity contribution in [2.75, 3.05) is 7.11 Å². The first-order chi connectivity index (χ1) is 9.72. The highest BCUT2D eigenvalue weighted by Crippen LogP contribution is 2.16. The van der Waals surface area contributed by atoms with Gasteiger partial charge in [0, 0.05) is 18.7 Å². The quantitative estimate of drug-likeness (QED) is 0.834. The lowest BCUT2D eigenvalue weighted by Crippen LogP contribution is -2.10. The summed E-state index contributed by atoms with van der Waals surface area (Å²) in [5.74, 6) is 1.72. The van der Waals surface area contributed by atoms with Crippen LogP contribution in [0.5, 0.6) is 5.88 Å². The second-order valence-corrected chi connectivity index (χ2v) is 4.68. The molecule has 0 aliphatic rings. The van der Waals surface area contributed by atoms with E-state index < -0.39 is 0 Å². The molecule has 2 N–H and O–H groups in total. The van der Waals surface area contributed by atoms with Crippen molar-refractivity contribution in [3.05, 3.63) is 35.6 Å². The molecule has 0 saturated carbocycles. The summed E-state index contributed by atoms with van der Waals surface area (Å²) in [6, 6.07) is 3.56. The van der Waals surface area contributed by atoms with Crippen LogP contribution in [0.3, 0.4) is 0 Å². The molecule has 6 nitrogen and oxygen atoms in total. The Morgan fingerprint density at radius 1 is 1.40 bits per heavy atom. The number of unbranched alkanes of at least 4 members (excludes halogenated alkanes) is 1. The molecule has 1 unspecified atom stereocenters. The maximum absolute atomic E-state index is 6.00. The predicted octanol–water partition coefficient (Wildman–Crippen LogP) is 2.25. The van der Waals surface area contributed by atoms with E-state index in [1.807, 2.05) is 12.1 Å². The van der Waals surface area contributed by atoms with Crippen molar-refractivity contribution in [3.8, 4) is 5.88 Å². The van der Waals surface area contributed by atoms with Crippen LogP contribution >= 0.6 is 0 Å². The van der Waals surface area contributed by atoms with Gasteiger partial charge in [0.2, 0.25) is 11.8 Å². The maximum Gasteiger partial charge on any atom is 0.243 e. The first-order valence-corrected chi connectivity index (χ1v) is 6.80. The Morgan fingerprint density at radius 2 is 2.25 bits per heavy atom. The van der Waals surface area contributed by atoms with Crippen molar-refractivity contribution in [3.63, 3.8) is 0 Å². The van der Waals surface area contributed by atoms with E-state index in [1.165, 1.54) is 0 Å². The molecule has 20 heavy (non-hydrogen) atoms. The lowest BCUT2D eigenvalue weighted by Gasteiger charge is -2.03. The third-order valence-electron chi connectivity index (χ3n) is 3.04. The van der Waals surface area contributed by atoms with Gasteiger partial charge in [0.05, 0.1) is 13.2 Å². The summed E-state index contributed by atoms with van der Waals surface area (Å²) in [6.07, 6.45) is 5.34. The van der Waals surface area contributed by atoms with Gasteiger partial charge in [-0.15, -0.1) is 0 Å². The summed E-state index contributed by atoms with van der Waals surface area (Å²) < 4.78 is 10.2. The Bertz CT molecular complexity index is 524. The molecule has 2 aromatic rings. The molecule has 0 saturated heterocycles. The maximum atomic E-state index is 6.00. The summed E-state index contributed by atoms with van der Waals surface area (Å²) in [5.41, 5.74) is 7.00. The summed E-state index contributed by atoms with van der Waals surface area (Å²) >= 11 is 0. The van der Waals surface area contributed by atoms with Crippen LogP contribution in [-0.4, -0.2) is 22.2 Å². The topological polar surface area (TPSA) is 87.1 Å². The van der Waals surface area contributed by atoms with Crippen molar-refractivity contribution in [1.29, 1.82) is 0 Å². The van der Waals surface area contributed by atoms with Crippen molar-refractivity contribution in [1.82, 2.24) is 15.1 Å². The lowest BCUT2D eigenvalue weighted by atomic mass is 10.1. The highest BCUT2D eigenvalue weighted by Gasteiger charge is 2.14. The van der Waals surface area contributed by atoms with Gasteiger partial charge in [0.25, 0.3) is 0 Å². The Hall–Kier alpha value is -1.95. The first-order valence-electron chi connectivity index (χ1n) is 6.80. The van der Waals surface area contributed by atoms with Crippen molar-refractivity contribution in [2.45, 2.75) is 38.6 Å². The number of rotatable bonds is 7. The van der Waals surface area contributed by atoms with Gasteiger partial charge in [0.15, 0.2) is 5.82 Å². The van der Waals surface area contributed by atoms with Gasteiger partial charge >= 0.3 is 0 Å². The van der Waals surface area contributed by atoms with E-state index in [-0.39, 0.29) is 6.04 Å². The van der Waals surface area contributed by atoms with E-state index in [0.717, 1.165) is 24.8 Å². The largest absolute Gasteiger partial charge is 0.481 e. The van der Waals surface area contributed by atoms with Crippen LogP contribution in [0.25, 0.3) is 0 Å². The number of methoxy groups -OCH3 is 1. The minimum absolute atomic E-state index is 0.176. The van der Waals surface area contributed by atoms with Gasteiger partial charge in [-0.2, -0.15) is 4.98 Å². The molecule has 0 spiro atoms. The van der Waals surface area contributed by atoms with Crippen LogP contribution < -0.4 is 10.5 Å². The summed E-state index contributed by atoms with van der Waals surface area (Å²) in [4.78, 5) is 8.48. The molecule has 0 aromatic carbocycles. The zero-order valence-electron chi connectivity index (χ0n) is 11.9. The number of nitrogens with two attached hydrogens (primary N) is 1. The summed E-state index contributed by atoms with van der Waals surface area (Å²) in [6.45, 7) is 2.13. The molecule has 2 rings (SSSR count). The minimum atomic E-state index is -0.176. The van der Waals surface area contributed by atoms with Gasteiger partial charge in [-0.1, -0.05) is 31.0 Å². The van der Waals surface area contributed by atoms with Gasteiger partial charge in [-0.05, 0) is 12.0 Å². The smallest absolute Gasteiger partial charge is 0.243 e. The molecule has 2 heterocycles. The standard InChI is InChI=1S/C14H20N4O2/c1-3-4-5-11(15)14-17-12(18-20-14)8-10-6-7-13(19-2)16-9-10/h6-7,9,11H,3-5,8,15H2,1-2H3. The molecule has 0 radical (unpaired) electrons. The van der Waals surface area contributed by atoms with Gasteiger partial charge in [0.1, 0.15) is 0 Å². The van der Waals surface area contributed by atoms with Crippen LogP contribution in [0.2, 0.25) is 0 Å². The van der Waals surface area contributed by atoms with E-state index in [4.69, 9.17) is 15.0 Å². The molecule has 0 fully saturated rings. The molecule has 6 heteroatoms. The average Bonchev–Trinajstić information content (AvgIpc) is 2.94. The van der Waals surface area contributed by atoms with Crippen LogP contribution in [0, 0.1) is 0 Å². The molecule has 1 atom stereocenters. The highest BCUT2D eigenvalue weighted by molar-refractivity contribution is 5.20. The molecule has 2 aromatic heterocycles. The van der Waals surface area contributed by atoms with Gasteiger partial charge < -0.3 is 15.0 Å². The normalized spacial score (nSPS) is 12.3. The number of hydrogen-bond acceptors (Lipinski definition) is 6. The van der Waals surface area contributed by atoms with E-state index in [1.54, 1.807) is 13.3 Å². The van der Waals surface area contributed by atoms with Crippen LogP contribution in [0.1, 0.15) is 49.5 Å². The fourth-order valence-electron chi connectivity index (χ4n) is 1.86. The molecule has 0 amide bonds. The SMILES string of the molecule is CCCCC(N)c1nc(Cc2ccc(OC)nc2)no1. The minimum Gasteiger partial charge on any atom is -0.481 e. The van der Waals surface area contributed by atoms with E-state index in [2.05, 4.69) is 22.0 Å². The van der Waals surface area contributed by atoms with Crippen LogP contribution in [0.4, 0.5) is 0 Å². The third kappa shape index (κ3) is 3.77. The number of nitrogens with zero attached hydrogens (tertiary/aromatic N) is 3. The Labute approximate surface area is 118 Å². The second-order valence-electron chi connectivity index (χ2n) is 4.68. The fraction of sp³-hybridized carbons (Fsp3) is 0.500. The Balaban J connectivity index is 1.97. The zero-order valence-corrected chi connectivity index (χ0v) is 11.9. The number of pyridine rings is 1.